The third-order valence-corrected chi connectivity index (χ3v) is 5.21. The molecule has 2 saturated heterocycles. The lowest BCUT2D eigenvalue weighted by Crippen LogP contribution is -2.69. The highest BCUT2D eigenvalue weighted by atomic mass is 16.7. The van der Waals surface area contributed by atoms with Gasteiger partial charge >= 0.3 is 0 Å². The molecule has 5 nitrogen and oxygen atoms in total. The normalized spacial score (nSPS) is 52.2. The molecule has 0 N–H and O–H groups in total. The van der Waals surface area contributed by atoms with E-state index in [0.29, 0.717) is 6.61 Å². The largest absolute Gasteiger partial charge is 0.375 e. The van der Waals surface area contributed by atoms with Crippen molar-refractivity contribution in [1.82, 2.24) is 0 Å². The molecule has 0 aromatic carbocycles. The van der Waals surface area contributed by atoms with Gasteiger partial charge in [-0.2, -0.15) is 0 Å². The van der Waals surface area contributed by atoms with Gasteiger partial charge in [0.15, 0.2) is 11.2 Å². The second-order valence-corrected chi connectivity index (χ2v) is 6.94. The Bertz CT molecular complexity index is 436. The summed E-state index contributed by atoms with van der Waals surface area (Å²) in [6, 6.07) is 0. The van der Waals surface area contributed by atoms with Crippen molar-refractivity contribution in [2.45, 2.75) is 56.7 Å². The number of hydrogen-bond acceptors (Lipinski definition) is 5. The molecular weight excluding hydrogens is 248 g/mol. The fraction of sp³-hybridized carbons (Fsp3) is 0.929. The van der Waals surface area contributed by atoms with Gasteiger partial charge in [0.1, 0.15) is 17.8 Å². The van der Waals surface area contributed by atoms with Crippen molar-refractivity contribution >= 4 is 5.78 Å². The first-order valence-corrected chi connectivity index (χ1v) is 6.66. The standard InChI is InChI=1S/C14H22O5/c1-11(2,3)14-9(19-14)8(16-5)12(4,17-6)13(7-18-13)10(14)15/h8-9H,7H2,1-6H3/t8-,9?,12-,13+,14?/m0/s1. The average Bonchev–Trinajstić information content (AvgIpc) is 3.20. The summed E-state index contributed by atoms with van der Waals surface area (Å²) in [4.78, 5) is 13.0. The zero-order valence-electron chi connectivity index (χ0n) is 12.4. The summed E-state index contributed by atoms with van der Waals surface area (Å²) >= 11 is 0. The van der Waals surface area contributed by atoms with Gasteiger partial charge in [-0.15, -0.1) is 0 Å². The minimum atomic E-state index is -0.914. The van der Waals surface area contributed by atoms with Crippen molar-refractivity contribution in [1.29, 1.82) is 0 Å². The van der Waals surface area contributed by atoms with Gasteiger partial charge in [-0.3, -0.25) is 4.79 Å². The van der Waals surface area contributed by atoms with E-state index in [1.807, 2.05) is 27.7 Å². The van der Waals surface area contributed by atoms with Crippen LogP contribution < -0.4 is 0 Å². The highest BCUT2D eigenvalue weighted by Crippen LogP contribution is 2.65. The minimum Gasteiger partial charge on any atom is -0.375 e. The van der Waals surface area contributed by atoms with E-state index in [-0.39, 0.29) is 23.4 Å². The van der Waals surface area contributed by atoms with Gasteiger partial charge < -0.3 is 18.9 Å². The number of carbonyl (C=O) groups excluding carboxylic acids is 1. The van der Waals surface area contributed by atoms with E-state index >= 15 is 0 Å². The molecule has 0 radical (unpaired) electrons. The van der Waals surface area contributed by atoms with Crippen LogP contribution in [0.25, 0.3) is 0 Å². The maximum Gasteiger partial charge on any atom is 0.205 e. The highest BCUT2D eigenvalue weighted by molar-refractivity contribution is 6.03. The van der Waals surface area contributed by atoms with E-state index in [0.717, 1.165) is 0 Å². The molecule has 3 fully saturated rings. The van der Waals surface area contributed by atoms with Gasteiger partial charge in [0, 0.05) is 19.6 Å². The van der Waals surface area contributed by atoms with Crippen LogP contribution in [-0.4, -0.2) is 55.6 Å². The van der Waals surface area contributed by atoms with Crippen LogP contribution in [0.15, 0.2) is 0 Å². The molecule has 5 heteroatoms. The van der Waals surface area contributed by atoms with Crippen LogP contribution in [0.2, 0.25) is 0 Å². The van der Waals surface area contributed by atoms with Crippen molar-refractivity contribution in [2.24, 2.45) is 5.41 Å². The molecule has 0 bridgehead atoms. The number of epoxide rings is 2. The molecular formula is C14H22O5. The second kappa shape index (κ2) is 3.39. The van der Waals surface area contributed by atoms with Gasteiger partial charge in [-0.1, -0.05) is 20.8 Å². The van der Waals surface area contributed by atoms with Crippen molar-refractivity contribution < 1.29 is 23.7 Å². The lowest BCUT2D eigenvalue weighted by atomic mass is 9.61. The van der Waals surface area contributed by atoms with Crippen LogP contribution in [0.1, 0.15) is 27.7 Å². The summed E-state index contributed by atoms with van der Waals surface area (Å²) in [5.74, 6) is 0.00940. The van der Waals surface area contributed by atoms with Crippen LogP contribution in [0, 0.1) is 5.41 Å². The summed E-state index contributed by atoms with van der Waals surface area (Å²) in [6.07, 6.45) is -0.568. The van der Waals surface area contributed by atoms with Gasteiger partial charge in [-0.05, 0) is 6.92 Å². The highest BCUT2D eigenvalue weighted by Gasteiger charge is 2.87. The summed E-state index contributed by atoms with van der Waals surface area (Å²) in [5.41, 5.74) is -2.81. The Morgan fingerprint density at radius 3 is 2.26 bits per heavy atom. The molecule has 0 amide bonds. The molecule has 0 aromatic heterocycles. The fourth-order valence-electron chi connectivity index (χ4n) is 3.73. The van der Waals surface area contributed by atoms with E-state index in [1.165, 1.54) is 0 Å². The van der Waals surface area contributed by atoms with Crippen molar-refractivity contribution in [3.8, 4) is 0 Å². The number of ketones is 1. The molecule has 19 heavy (non-hydrogen) atoms. The summed E-state index contributed by atoms with van der Waals surface area (Å²) in [6.45, 7) is 8.31. The van der Waals surface area contributed by atoms with Crippen molar-refractivity contribution in [3.05, 3.63) is 0 Å². The van der Waals surface area contributed by atoms with Gasteiger partial charge in [0.2, 0.25) is 5.78 Å². The summed E-state index contributed by atoms with van der Waals surface area (Å²) in [5, 5.41) is 0. The molecule has 2 aliphatic heterocycles. The Kier molecular flexibility index (Phi) is 2.41. The maximum atomic E-state index is 13.0. The molecule has 0 aromatic rings. The van der Waals surface area contributed by atoms with E-state index in [2.05, 4.69) is 0 Å². The Balaban J connectivity index is 2.10. The van der Waals surface area contributed by atoms with E-state index in [9.17, 15) is 4.79 Å². The zero-order valence-corrected chi connectivity index (χ0v) is 12.4. The first kappa shape index (κ1) is 13.5. The fourth-order valence-corrected chi connectivity index (χ4v) is 3.73. The Morgan fingerprint density at radius 2 is 1.89 bits per heavy atom. The lowest BCUT2D eigenvalue weighted by molar-refractivity contribution is -0.177. The van der Waals surface area contributed by atoms with Gasteiger partial charge in [0.25, 0.3) is 0 Å². The van der Waals surface area contributed by atoms with E-state index in [1.54, 1.807) is 14.2 Å². The molecule has 1 saturated carbocycles. The lowest BCUT2D eigenvalue weighted by Gasteiger charge is -2.45. The van der Waals surface area contributed by atoms with E-state index in [4.69, 9.17) is 18.9 Å². The predicted octanol–water partition coefficient (Wildman–Crippen LogP) is 0.942. The number of Topliss-reactive ketones (excluding diaryl/α,β-unsaturated/α-hetero) is 1. The third kappa shape index (κ3) is 1.23. The van der Waals surface area contributed by atoms with Crippen LogP contribution in [-0.2, 0) is 23.7 Å². The molecule has 1 spiro atoms. The van der Waals surface area contributed by atoms with Crippen LogP contribution >= 0.6 is 0 Å². The Labute approximate surface area is 113 Å². The smallest absolute Gasteiger partial charge is 0.205 e. The van der Waals surface area contributed by atoms with Crippen LogP contribution in [0.4, 0.5) is 0 Å². The maximum absolute atomic E-state index is 13.0. The van der Waals surface area contributed by atoms with Gasteiger partial charge in [0.05, 0.1) is 6.61 Å². The molecule has 3 aliphatic rings. The topological polar surface area (TPSA) is 60.6 Å². The number of rotatable bonds is 2. The molecule has 3 rings (SSSR count). The first-order valence-electron chi connectivity index (χ1n) is 6.66. The molecule has 1 aliphatic carbocycles. The number of ether oxygens (including phenoxy) is 4. The second-order valence-electron chi connectivity index (χ2n) is 6.94. The first-order chi connectivity index (χ1) is 8.71. The van der Waals surface area contributed by atoms with Crippen LogP contribution in [0.3, 0.4) is 0 Å². The van der Waals surface area contributed by atoms with Crippen molar-refractivity contribution in [2.75, 3.05) is 20.8 Å². The monoisotopic (exact) mass is 270 g/mol. The number of fused-ring (bicyclic) bond motifs is 1. The minimum absolute atomic E-state index is 0.00940. The summed E-state index contributed by atoms with van der Waals surface area (Å²) in [7, 11) is 3.22. The Hall–Kier alpha value is -0.490. The van der Waals surface area contributed by atoms with Gasteiger partial charge in [-0.25, -0.2) is 0 Å². The predicted molar refractivity (Wildman–Crippen MR) is 67.0 cm³/mol. The Morgan fingerprint density at radius 1 is 1.32 bits per heavy atom. The van der Waals surface area contributed by atoms with Crippen LogP contribution in [0.5, 0.6) is 0 Å². The molecule has 2 unspecified atom stereocenters. The molecule has 2 heterocycles. The number of methoxy groups -OCH3 is 2. The zero-order chi connectivity index (χ0) is 14.3. The molecule has 5 atom stereocenters. The SMILES string of the molecule is CO[C@H]1C2OC2(C(C)(C)C)C(=O)[C@]2(CO2)[C@@]1(C)OC. The third-order valence-electron chi connectivity index (χ3n) is 5.21. The average molecular weight is 270 g/mol. The quantitative estimate of drug-likeness (QED) is 0.699. The molecule has 108 valence electrons. The number of hydrogen-bond donors (Lipinski definition) is 0. The summed E-state index contributed by atoms with van der Waals surface area (Å²) < 4.78 is 22.7. The number of carbonyl (C=O) groups is 1. The van der Waals surface area contributed by atoms with Crippen molar-refractivity contribution in [3.63, 3.8) is 0 Å². The van der Waals surface area contributed by atoms with E-state index < -0.39 is 16.8 Å².